The van der Waals surface area contributed by atoms with E-state index < -0.39 is 0 Å². The zero-order chi connectivity index (χ0) is 13.0. The van der Waals surface area contributed by atoms with Gasteiger partial charge in [-0.1, -0.05) is 0 Å². The van der Waals surface area contributed by atoms with Crippen molar-refractivity contribution in [3.05, 3.63) is 10.1 Å². The number of anilines is 1. The topological polar surface area (TPSA) is 25.4 Å². The summed E-state index contributed by atoms with van der Waals surface area (Å²) in [5.74, 6) is 0. The van der Waals surface area contributed by atoms with Crippen molar-refractivity contribution in [1.82, 2.24) is 4.98 Å². The summed E-state index contributed by atoms with van der Waals surface area (Å²) in [6.45, 7) is 9.63. The summed E-state index contributed by atoms with van der Waals surface area (Å²) in [6, 6.07) is 0. The van der Waals surface area contributed by atoms with Crippen LogP contribution < -0.4 is 4.90 Å². The molecule has 102 valence electrons. The van der Waals surface area contributed by atoms with Gasteiger partial charge in [-0.2, -0.15) is 0 Å². The molecule has 0 aromatic carbocycles. The molecule has 2 rings (SSSR count). The van der Waals surface area contributed by atoms with E-state index in [9.17, 15) is 0 Å². The Morgan fingerprint density at radius 1 is 1.28 bits per heavy atom. The van der Waals surface area contributed by atoms with E-state index in [0.29, 0.717) is 14.5 Å². The Hall–Kier alpha value is -0.311. The summed E-state index contributed by atoms with van der Waals surface area (Å²) in [5, 5.41) is 0. The van der Waals surface area contributed by atoms with E-state index in [1.165, 1.54) is 47.2 Å². The molecule has 1 fully saturated rings. The summed E-state index contributed by atoms with van der Waals surface area (Å²) in [6.07, 6.45) is 5.31. The normalized spacial score (nSPS) is 18.1. The fourth-order valence-corrected chi connectivity index (χ4v) is 5.00. The molecule has 0 radical (unpaired) electrons. The quantitative estimate of drug-likeness (QED) is 0.781. The van der Waals surface area contributed by atoms with Crippen LogP contribution in [0.2, 0.25) is 0 Å². The Morgan fingerprint density at radius 2 is 2.00 bits per heavy atom. The van der Waals surface area contributed by atoms with E-state index >= 15 is 0 Å². The first-order valence-electron chi connectivity index (χ1n) is 7.12. The van der Waals surface area contributed by atoms with Gasteiger partial charge in [0.25, 0.3) is 0 Å². The van der Waals surface area contributed by atoms with Gasteiger partial charge in [0.2, 0.25) is 0 Å². The molecule has 18 heavy (non-hydrogen) atoms. The third-order valence-corrected chi connectivity index (χ3v) is 6.23. The first-order valence-corrected chi connectivity index (χ1v) is 8.83. The Kier molecular flexibility index (Phi) is 5.28. The summed E-state index contributed by atoms with van der Waals surface area (Å²) < 4.78 is 8.57. The average molecular weight is 315 g/mol. The van der Waals surface area contributed by atoms with Crippen molar-refractivity contribution in [2.24, 2.45) is 0 Å². The van der Waals surface area contributed by atoms with Gasteiger partial charge in [0.15, 0.2) is 0 Å². The Labute approximate surface area is 116 Å². The number of hydrogen-bond donors (Lipinski definition) is 0. The fraction of sp³-hybridized carbons (Fsp3) is 0.786. The first kappa shape index (κ1) is 14.1. The molecular weight excluding hydrogens is 291 g/mol. The zero-order valence-corrected chi connectivity index (χ0v) is 13.5. The molecule has 0 spiro atoms. The van der Waals surface area contributed by atoms with Crippen LogP contribution in [0.4, 0.5) is 4.69 Å². The minimum absolute atomic E-state index is 0.246. The molecule has 2 heterocycles. The van der Waals surface area contributed by atoms with E-state index in [1.807, 2.05) is 0 Å². The predicted octanol–water partition coefficient (Wildman–Crippen LogP) is 2.79. The number of aromatic nitrogens is 1. The number of piperidine rings is 1. The molecule has 1 saturated heterocycles. The minimum atomic E-state index is 0.246. The van der Waals surface area contributed by atoms with Crippen LogP contribution in [0.5, 0.6) is 0 Å². The number of nitrogens with zero attached hydrogens (tertiary/aromatic N) is 2. The van der Waals surface area contributed by atoms with Crippen molar-refractivity contribution in [2.45, 2.75) is 52.6 Å². The van der Waals surface area contributed by atoms with Gasteiger partial charge in [-0.3, -0.25) is 0 Å². The van der Waals surface area contributed by atoms with Crippen LogP contribution in [0.25, 0.3) is 0 Å². The molecule has 1 aliphatic rings. The monoisotopic (exact) mass is 316 g/mol. The van der Waals surface area contributed by atoms with Gasteiger partial charge in [-0.15, -0.1) is 0 Å². The summed E-state index contributed by atoms with van der Waals surface area (Å²) >= 11 is 0.386. The SMILES string of the molecule is CCOC(C)c1[se]c(N2CCCCC2)nc1CC. The number of hydrogen-bond acceptors (Lipinski definition) is 3. The molecule has 0 saturated carbocycles. The van der Waals surface area contributed by atoms with Crippen molar-refractivity contribution in [3.8, 4) is 0 Å². The molecule has 1 unspecified atom stereocenters. The molecular formula is C14H24N2OSe. The van der Waals surface area contributed by atoms with E-state index in [4.69, 9.17) is 9.72 Å². The zero-order valence-electron chi connectivity index (χ0n) is 11.7. The van der Waals surface area contributed by atoms with Crippen LogP contribution in [0.3, 0.4) is 0 Å². The average Bonchev–Trinajstić information content (AvgIpc) is 2.84. The van der Waals surface area contributed by atoms with Crippen LogP contribution in [0.1, 0.15) is 56.3 Å². The second-order valence-electron chi connectivity index (χ2n) is 4.81. The van der Waals surface area contributed by atoms with Crippen molar-refractivity contribution < 1.29 is 4.74 Å². The fourth-order valence-electron chi connectivity index (χ4n) is 2.47. The van der Waals surface area contributed by atoms with Gasteiger partial charge < -0.3 is 0 Å². The summed E-state index contributed by atoms with van der Waals surface area (Å²) in [7, 11) is 0. The number of rotatable bonds is 5. The molecule has 0 bridgehead atoms. The number of aryl methyl sites for hydroxylation is 1. The molecule has 3 nitrogen and oxygen atoms in total. The first-order chi connectivity index (χ1) is 8.76. The van der Waals surface area contributed by atoms with Crippen molar-refractivity contribution >= 4 is 19.2 Å². The summed E-state index contributed by atoms with van der Waals surface area (Å²) in [4.78, 5) is 7.39. The van der Waals surface area contributed by atoms with Gasteiger partial charge in [0.05, 0.1) is 0 Å². The van der Waals surface area contributed by atoms with Crippen LogP contribution in [0, 0.1) is 0 Å². The molecule has 1 aromatic rings. The predicted molar refractivity (Wildman–Crippen MR) is 76.7 cm³/mol. The second kappa shape index (κ2) is 6.74. The van der Waals surface area contributed by atoms with E-state index in [1.54, 1.807) is 0 Å². The van der Waals surface area contributed by atoms with Gasteiger partial charge in [0.1, 0.15) is 0 Å². The van der Waals surface area contributed by atoms with Gasteiger partial charge in [0, 0.05) is 0 Å². The van der Waals surface area contributed by atoms with E-state index in [-0.39, 0.29) is 6.10 Å². The van der Waals surface area contributed by atoms with Crippen LogP contribution in [-0.4, -0.2) is 39.2 Å². The van der Waals surface area contributed by atoms with Gasteiger partial charge >= 0.3 is 116 Å². The van der Waals surface area contributed by atoms with Crippen LogP contribution >= 0.6 is 0 Å². The van der Waals surface area contributed by atoms with Crippen LogP contribution in [0.15, 0.2) is 0 Å². The Balaban J connectivity index is 2.16. The maximum atomic E-state index is 5.76. The van der Waals surface area contributed by atoms with Crippen molar-refractivity contribution in [3.63, 3.8) is 0 Å². The van der Waals surface area contributed by atoms with E-state index in [2.05, 4.69) is 25.7 Å². The Morgan fingerprint density at radius 3 is 2.61 bits per heavy atom. The molecule has 0 amide bonds. The third kappa shape index (κ3) is 3.17. The maximum absolute atomic E-state index is 5.76. The van der Waals surface area contributed by atoms with Crippen molar-refractivity contribution in [2.75, 3.05) is 24.6 Å². The Bertz CT molecular complexity index is 372. The summed E-state index contributed by atoms with van der Waals surface area (Å²) in [5.41, 5.74) is 1.29. The van der Waals surface area contributed by atoms with E-state index in [0.717, 1.165) is 13.0 Å². The number of ether oxygens (including phenoxy) is 1. The molecule has 0 N–H and O–H groups in total. The second-order valence-corrected chi connectivity index (χ2v) is 6.92. The van der Waals surface area contributed by atoms with Gasteiger partial charge in [-0.25, -0.2) is 0 Å². The van der Waals surface area contributed by atoms with Crippen molar-refractivity contribution in [1.29, 1.82) is 0 Å². The van der Waals surface area contributed by atoms with Gasteiger partial charge in [-0.05, 0) is 0 Å². The standard InChI is InChI=1S/C14H24N2OSe/c1-4-12-13(11(3)17-5-2)18-14(15-12)16-9-7-6-8-10-16/h11H,4-10H2,1-3H3. The molecule has 1 atom stereocenters. The van der Waals surface area contributed by atoms with Crippen LogP contribution in [-0.2, 0) is 11.2 Å². The molecule has 1 aliphatic heterocycles. The molecule has 4 heteroatoms. The molecule has 1 aromatic heterocycles. The third-order valence-electron chi connectivity index (χ3n) is 3.46. The molecule has 0 aliphatic carbocycles.